The summed E-state index contributed by atoms with van der Waals surface area (Å²) in [5.41, 5.74) is 5.57. The number of para-hydroxylation sites is 1. The van der Waals surface area contributed by atoms with Crippen LogP contribution in [0.25, 0.3) is 16.8 Å². The Morgan fingerprint density at radius 2 is 1.78 bits per heavy atom. The topological polar surface area (TPSA) is 51.5 Å². The Morgan fingerprint density at radius 1 is 1.04 bits per heavy atom. The quantitative estimate of drug-likeness (QED) is 0.469. The molecule has 1 N–H and O–H groups in total. The zero-order valence-corrected chi connectivity index (χ0v) is 16.9. The van der Waals surface area contributed by atoms with Crippen molar-refractivity contribution in [3.8, 4) is 16.9 Å². The van der Waals surface area contributed by atoms with Gasteiger partial charge in [0.05, 0.1) is 18.4 Å². The number of benzene rings is 2. The zero-order chi connectivity index (χ0) is 19.0. The molecule has 0 unspecified atom stereocenters. The number of rotatable bonds is 4. The summed E-state index contributed by atoms with van der Waals surface area (Å²) in [6.45, 7) is 3.98. The first kappa shape index (κ1) is 17.5. The van der Waals surface area contributed by atoms with E-state index in [1.807, 2.05) is 73.0 Å². The highest BCUT2D eigenvalue weighted by Gasteiger charge is 2.18. The van der Waals surface area contributed by atoms with Gasteiger partial charge in [0.2, 0.25) is 0 Å². The third-order valence-electron chi connectivity index (χ3n) is 4.39. The van der Waals surface area contributed by atoms with Crippen molar-refractivity contribution >= 4 is 33.1 Å². The number of hydrogen-bond donors (Lipinski definition) is 1. The van der Waals surface area contributed by atoms with E-state index in [0.29, 0.717) is 0 Å². The number of nitrogens with zero attached hydrogens (tertiary/aromatic N) is 3. The minimum absolute atomic E-state index is 0.802. The summed E-state index contributed by atoms with van der Waals surface area (Å²) < 4.78 is 8.45. The molecule has 0 saturated carbocycles. The van der Waals surface area contributed by atoms with Gasteiger partial charge in [-0.1, -0.05) is 34.1 Å². The van der Waals surface area contributed by atoms with E-state index in [4.69, 9.17) is 14.8 Å². The average Bonchev–Trinajstić information content (AvgIpc) is 2.99. The van der Waals surface area contributed by atoms with Gasteiger partial charge in [-0.25, -0.2) is 4.98 Å². The lowest BCUT2D eigenvalue weighted by Crippen LogP contribution is -2.02. The maximum atomic E-state index is 5.56. The molecule has 0 bridgehead atoms. The monoisotopic (exact) mass is 422 g/mol. The van der Waals surface area contributed by atoms with Crippen LogP contribution in [-0.2, 0) is 0 Å². The lowest BCUT2D eigenvalue weighted by atomic mass is 10.1. The number of hydrogen-bond acceptors (Lipinski definition) is 4. The number of aromatic nitrogens is 3. The van der Waals surface area contributed by atoms with Crippen LogP contribution in [0.2, 0.25) is 0 Å². The van der Waals surface area contributed by atoms with E-state index in [-0.39, 0.29) is 0 Å². The first-order chi connectivity index (χ1) is 13.1. The van der Waals surface area contributed by atoms with Gasteiger partial charge in [-0.3, -0.25) is 0 Å². The molecular formula is C21H19BrN4O. The number of ether oxygens (including phenoxy) is 1. The molecule has 0 amide bonds. The van der Waals surface area contributed by atoms with Gasteiger partial charge in [0.1, 0.15) is 11.6 Å². The Morgan fingerprint density at radius 3 is 2.52 bits per heavy atom. The highest BCUT2D eigenvalue weighted by atomic mass is 79.9. The molecule has 4 aromatic rings. The Hall–Kier alpha value is -2.86. The highest BCUT2D eigenvalue weighted by molar-refractivity contribution is 9.10. The Labute approximate surface area is 166 Å². The summed E-state index contributed by atoms with van der Waals surface area (Å²) in [5, 5.41) is 8.19. The van der Waals surface area contributed by atoms with E-state index >= 15 is 0 Å². The second-order valence-corrected chi connectivity index (χ2v) is 7.23. The van der Waals surface area contributed by atoms with E-state index in [0.717, 1.165) is 49.9 Å². The van der Waals surface area contributed by atoms with Crippen molar-refractivity contribution < 1.29 is 4.74 Å². The van der Waals surface area contributed by atoms with Crippen molar-refractivity contribution in [1.82, 2.24) is 14.6 Å². The second kappa shape index (κ2) is 7.04. The maximum absolute atomic E-state index is 5.56. The predicted molar refractivity (Wildman–Crippen MR) is 112 cm³/mol. The van der Waals surface area contributed by atoms with Crippen LogP contribution in [0.4, 0.5) is 11.5 Å². The van der Waals surface area contributed by atoms with E-state index in [2.05, 4.69) is 21.2 Å². The molecule has 2 aromatic heterocycles. The number of methoxy groups -OCH3 is 1. The predicted octanol–water partition coefficient (Wildman–Crippen LogP) is 5.53. The van der Waals surface area contributed by atoms with E-state index < -0.39 is 0 Å². The number of fused-ring (bicyclic) bond motifs is 1. The molecule has 0 saturated heterocycles. The molecule has 0 aliphatic carbocycles. The summed E-state index contributed by atoms with van der Waals surface area (Å²) in [4.78, 5) is 4.76. The van der Waals surface area contributed by atoms with Gasteiger partial charge in [0.15, 0.2) is 5.65 Å². The molecule has 27 heavy (non-hydrogen) atoms. The van der Waals surface area contributed by atoms with Gasteiger partial charge in [-0.2, -0.15) is 9.61 Å². The minimum Gasteiger partial charge on any atom is -0.496 e. The zero-order valence-electron chi connectivity index (χ0n) is 15.3. The largest absolute Gasteiger partial charge is 0.496 e. The van der Waals surface area contributed by atoms with Crippen LogP contribution in [-0.4, -0.2) is 21.7 Å². The minimum atomic E-state index is 0.802. The summed E-state index contributed by atoms with van der Waals surface area (Å²) in [7, 11) is 1.68. The molecule has 2 aromatic carbocycles. The molecular weight excluding hydrogens is 404 g/mol. The summed E-state index contributed by atoms with van der Waals surface area (Å²) in [5.74, 6) is 1.67. The lowest BCUT2D eigenvalue weighted by Gasteiger charge is -2.11. The summed E-state index contributed by atoms with van der Waals surface area (Å²) >= 11 is 3.47. The van der Waals surface area contributed by atoms with Gasteiger partial charge in [-0.05, 0) is 44.2 Å². The van der Waals surface area contributed by atoms with Crippen molar-refractivity contribution in [1.29, 1.82) is 0 Å². The Balaban J connectivity index is 1.90. The normalized spacial score (nSPS) is 11.0. The first-order valence-corrected chi connectivity index (χ1v) is 9.39. The molecule has 136 valence electrons. The van der Waals surface area contributed by atoms with Crippen LogP contribution < -0.4 is 10.1 Å². The molecule has 4 rings (SSSR count). The molecule has 0 atom stereocenters. The van der Waals surface area contributed by atoms with Gasteiger partial charge < -0.3 is 10.1 Å². The fraction of sp³-hybridized carbons (Fsp3) is 0.143. The number of halogens is 1. The van der Waals surface area contributed by atoms with Gasteiger partial charge in [0.25, 0.3) is 0 Å². The summed E-state index contributed by atoms with van der Waals surface area (Å²) in [6, 6.07) is 18.0. The molecule has 2 heterocycles. The lowest BCUT2D eigenvalue weighted by molar-refractivity contribution is 0.416. The van der Waals surface area contributed by atoms with Gasteiger partial charge in [-0.15, -0.1) is 0 Å². The van der Waals surface area contributed by atoms with Crippen LogP contribution in [0.3, 0.4) is 0 Å². The fourth-order valence-electron chi connectivity index (χ4n) is 3.18. The van der Waals surface area contributed by atoms with Crippen molar-refractivity contribution in [2.24, 2.45) is 0 Å². The number of anilines is 2. The Kier molecular flexibility index (Phi) is 4.58. The third-order valence-corrected chi connectivity index (χ3v) is 4.91. The molecule has 0 aliphatic heterocycles. The highest BCUT2D eigenvalue weighted by Crippen LogP contribution is 2.35. The van der Waals surface area contributed by atoms with E-state index in [9.17, 15) is 0 Å². The second-order valence-electron chi connectivity index (χ2n) is 6.31. The molecule has 0 spiro atoms. The van der Waals surface area contributed by atoms with Crippen LogP contribution in [0, 0.1) is 13.8 Å². The van der Waals surface area contributed by atoms with Crippen molar-refractivity contribution in [3.63, 3.8) is 0 Å². The molecule has 0 radical (unpaired) electrons. The van der Waals surface area contributed by atoms with Crippen molar-refractivity contribution in [3.05, 3.63) is 70.5 Å². The van der Waals surface area contributed by atoms with Crippen molar-refractivity contribution in [2.75, 3.05) is 12.4 Å². The first-order valence-electron chi connectivity index (χ1n) is 8.60. The number of aryl methyl sites for hydroxylation is 2. The smallest absolute Gasteiger partial charge is 0.165 e. The Bertz CT molecular complexity index is 1120. The third kappa shape index (κ3) is 3.28. The van der Waals surface area contributed by atoms with Crippen LogP contribution >= 0.6 is 15.9 Å². The van der Waals surface area contributed by atoms with E-state index in [1.165, 1.54) is 0 Å². The van der Waals surface area contributed by atoms with Crippen LogP contribution in [0.1, 0.15) is 11.4 Å². The SMILES string of the molecule is COc1ccccc1-c1c(C)nn2c(Nc3ccc(Br)cc3)cc(C)nc12. The van der Waals surface area contributed by atoms with Crippen LogP contribution in [0.15, 0.2) is 59.1 Å². The van der Waals surface area contributed by atoms with E-state index in [1.54, 1.807) is 7.11 Å². The van der Waals surface area contributed by atoms with Crippen molar-refractivity contribution in [2.45, 2.75) is 13.8 Å². The number of nitrogens with one attached hydrogen (secondary N) is 1. The standard InChI is InChI=1S/C21H19BrN4O/c1-13-12-19(24-16-10-8-15(22)9-11-16)26-21(23-13)20(14(2)25-26)17-6-4-5-7-18(17)27-3/h4-12,24H,1-3H3. The molecule has 5 nitrogen and oxygen atoms in total. The maximum Gasteiger partial charge on any atom is 0.165 e. The van der Waals surface area contributed by atoms with Gasteiger partial charge >= 0.3 is 0 Å². The average molecular weight is 423 g/mol. The van der Waals surface area contributed by atoms with Crippen LogP contribution in [0.5, 0.6) is 5.75 Å². The molecule has 6 heteroatoms. The summed E-state index contributed by atoms with van der Waals surface area (Å²) in [6.07, 6.45) is 0. The molecule has 0 fully saturated rings. The fourth-order valence-corrected chi connectivity index (χ4v) is 3.45. The van der Waals surface area contributed by atoms with Gasteiger partial charge in [0, 0.05) is 27.5 Å². The molecule has 0 aliphatic rings.